The molecule has 0 amide bonds. The van der Waals surface area contributed by atoms with Gasteiger partial charge in [-0.25, -0.2) is 4.79 Å². The molecule has 6 aromatic carbocycles. The van der Waals surface area contributed by atoms with Crippen LogP contribution in [0.25, 0.3) is 44.3 Å². The summed E-state index contributed by atoms with van der Waals surface area (Å²) in [5.41, 5.74) is 8.74. The maximum absolute atomic E-state index is 13.9. The molecule has 0 N–H and O–H groups in total. The van der Waals surface area contributed by atoms with Crippen LogP contribution in [0.3, 0.4) is 0 Å². The maximum Gasteiger partial charge on any atom is 0.361 e. The fourth-order valence-corrected chi connectivity index (χ4v) is 10.4. The van der Waals surface area contributed by atoms with Crippen molar-refractivity contribution in [3.8, 4) is 109 Å². The van der Waals surface area contributed by atoms with Crippen LogP contribution in [-0.2, 0) is 24.2 Å². The summed E-state index contributed by atoms with van der Waals surface area (Å²) in [6.07, 6.45) is 3.40. The van der Waals surface area contributed by atoms with Crippen molar-refractivity contribution in [2.45, 2.75) is 73.1 Å². The van der Waals surface area contributed by atoms with Gasteiger partial charge in [-0.15, -0.1) is 0 Å². The molecule has 2 aliphatic heterocycles. The number of aliphatic imine (C=N–C) groups is 1. The topological polar surface area (TPSA) is 185 Å². The van der Waals surface area contributed by atoms with Gasteiger partial charge in [0.1, 0.15) is 16.8 Å². The lowest BCUT2D eigenvalue weighted by molar-refractivity contribution is -0.131. The monoisotopic (exact) mass is 1300 g/mol. The van der Waals surface area contributed by atoms with Crippen molar-refractivity contribution < 1.29 is 70.8 Å². The van der Waals surface area contributed by atoms with Crippen LogP contribution < -0.4 is 67.2 Å². The third kappa shape index (κ3) is 14.3. The summed E-state index contributed by atoms with van der Waals surface area (Å²) in [7, 11) is 12.9. The molecule has 2 aromatic heterocycles. The zero-order valence-corrected chi connectivity index (χ0v) is 53.7. The highest BCUT2D eigenvalue weighted by Gasteiger charge is 2.31. The number of halogens is 1. The molecular formula is C68H73IN2O16. The number of carbonyl (C=O) groups is 1. The third-order valence-corrected chi connectivity index (χ3v) is 14.6. The number of aromatic nitrogens is 1. The van der Waals surface area contributed by atoms with E-state index in [2.05, 4.69) is 21.4 Å². The SMILES string of the molecule is CCOc1cc(-c2c3n(c4c(=O)oc5cc(OC(C)C)c(OC)cc5c24)CCc2cc(OC)c(OC)cc2-3)ccc1OC.CCOc1cc(C#Cc2cc(OC)c(OC(C)C)cc2OC(=O)CI)ccc1OC.COc1cc2c(cc1OC)CCN=C2. The molecule has 0 bridgehead atoms. The molecule has 0 radical (unpaired) electrons. The molecule has 0 spiro atoms. The number of nitrogens with zero attached hydrogens (tertiary/aromatic N) is 2. The van der Waals surface area contributed by atoms with Gasteiger partial charge in [0.25, 0.3) is 0 Å². The van der Waals surface area contributed by atoms with E-state index in [4.69, 9.17) is 66.0 Å². The Bertz CT molecular complexity index is 3950. The predicted octanol–water partition coefficient (Wildman–Crippen LogP) is 13.2. The minimum absolute atomic E-state index is 0.0692. The second-order valence-corrected chi connectivity index (χ2v) is 20.8. The first kappa shape index (κ1) is 64.1. The third-order valence-electron chi connectivity index (χ3n) is 13.9. The molecule has 10 rings (SSSR count). The quantitative estimate of drug-likeness (QED) is 0.0186. The number of hydrogen-bond donors (Lipinski definition) is 0. The number of ether oxygens (including phenoxy) is 13. The minimum Gasteiger partial charge on any atom is -0.493 e. The Labute approximate surface area is 520 Å². The summed E-state index contributed by atoms with van der Waals surface area (Å²) in [4.78, 5) is 30.0. The highest BCUT2D eigenvalue weighted by atomic mass is 127. The lowest BCUT2D eigenvalue weighted by Crippen LogP contribution is -2.15. The number of esters is 1. The summed E-state index contributed by atoms with van der Waals surface area (Å²) in [6, 6.07) is 26.2. The first-order valence-corrected chi connectivity index (χ1v) is 29.8. The molecule has 0 fully saturated rings. The average molecular weight is 1300 g/mol. The Hall–Kier alpha value is -8.90. The molecule has 4 heterocycles. The van der Waals surface area contributed by atoms with Crippen molar-refractivity contribution in [2.75, 3.05) is 81.1 Å². The van der Waals surface area contributed by atoms with Crippen LogP contribution in [0.5, 0.6) is 74.7 Å². The highest BCUT2D eigenvalue weighted by molar-refractivity contribution is 14.1. The van der Waals surface area contributed by atoms with Crippen LogP contribution in [0, 0.1) is 11.8 Å². The lowest BCUT2D eigenvalue weighted by atomic mass is 9.91. The van der Waals surface area contributed by atoms with Gasteiger partial charge in [0.2, 0.25) is 0 Å². The smallest absolute Gasteiger partial charge is 0.361 e. The van der Waals surface area contributed by atoms with Crippen LogP contribution >= 0.6 is 22.6 Å². The molecule has 18 nitrogen and oxygen atoms in total. The van der Waals surface area contributed by atoms with Gasteiger partial charge < -0.3 is 70.6 Å². The van der Waals surface area contributed by atoms with E-state index >= 15 is 0 Å². The number of rotatable bonds is 19. The molecule has 0 atom stereocenters. The molecule has 458 valence electrons. The van der Waals surface area contributed by atoms with Gasteiger partial charge in [-0.1, -0.05) is 40.5 Å². The average Bonchev–Trinajstić information content (AvgIpc) is 2.43. The fourth-order valence-electron chi connectivity index (χ4n) is 10.2. The van der Waals surface area contributed by atoms with E-state index in [1.54, 1.807) is 87.2 Å². The Morgan fingerprint density at radius 3 is 1.77 bits per heavy atom. The maximum atomic E-state index is 13.9. The van der Waals surface area contributed by atoms with Gasteiger partial charge in [0.05, 0.1) is 98.0 Å². The van der Waals surface area contributed by atoms with Crippen molar-refractivity contribution in [3.63, 3.8) is 0 Å². The van der Waals surface area contributed by atoms with Gasteiger partial charge in [0, 0.05) is 65.0 Å². The zero-order valence-electron chi connectivity index (χ0n) is 51.6. The number of aryl methyl sites for hydroxylation is 2. The Kier molecular flexibility index (Phi) is 21.7. The molecule has 19 heteroatoms. The van der Waals surface area contributed by atoms with E-state index < -0.39 is 5.63 Å². The largest absolute Gasteiger partial charge is 0.493 e. The normalized spacial score (nSPS) is 11.7. The van der Waals surface area contributed by atoms with E-state index in [-0.39, 0.29) is 22.6 Å². The molecule has 0 unspecified atom stereocenters. The Balaban J connectivity index is 0.000000192. The van der Waals surface area contributed by atoms with Crippen LogP contribution in [-0.4, -0.2) is 110 Å². The highest BCUT2D eigenvalue weighted by Crippen LogP contribution is 2.50. The summed E-state index contributed by atoms with van der Waals surface area (Å²) < 4.78 is 80.9. The van der Waals surface area contributed by atoms with E-state index in [1.165, 1.54) is 5.56 Å². The second-order valence-electron chi connectivity index (χ2n) is 20.1. The van der Waals surface area contributed by atoms with Crippen LogP contribution in [0.4, 0.5) is 0 Å². The summed E-state index contributed by atoms with van der Waals surface area (Å²) in [6.45, 7) is 13.9. The van der Waals surface area contributed by atoms with Crippen LogP contribution in [0.1, 0.15) is 69.4 Å². The number of alkyl halides is 1. The first-order valence-electron chi connectivity index (χ1n) is 28.3. The fraction of sp³-hybridized carbons (Fsp3) is 0.338. The van der Waals surface area contributed by atoms with Crippen molar-refractivity contribution in [2.24, 2.45) is 4.99 Å². The van der Waals surface area contributed by atoms with Gasteiger partial charge >= 0.3 is 11.6 Å². The van der Waals surface area contributed by atoms with Crippen molar-refractivity contribution >= 4 is 56.6 Å². The summed E-state index contributed by atoms with van der Waals surface area (Å²) >= 11 is 1.95. The molecule has 8 aromatic rings. The summed E-state index contributed by atoms with van der Waals surface area (Å²) in [5, 5.41) is 1.49. The number of carbonyl (C=O) groups excluding carboxylic acids is 1. The molecule has 0 saturated carbocycles. The van der Waals surface area contributed by atoms with E-state index in [9.17, 15) is 9.59 Å². The second kappa shape index (κ2) is 29.5. The van der Waals surface area contributed by atoms with Gasteiger partial charge in [0.15, 0.2) is 69.0 Å². The number of benzene rings is 6. The minimum atomic E-state index is -0.432. The van der Waals surface area contributed by atoms with Crippen molar-refractivity contribution in [1.29, 1.82) is 0 Å². The molecule has 0 saturated heterocycles. The van der Waals surface area contributed by atoms with Gasteiger partial charge in [-0.2, -0.15) is 0 Å². The van der Waals surface area contributed by atoms with Gasteiger partial charge in [-0.3, -0.25) is 9.79 Å². The number of methoxy groups -OCH3 is 8. The summed E-state index contributed by atoms with van der Waals surface area (Å²) in [5.74, 6) is 13.4. The number of fused-ring (bicyclic) bond motifs is 8. The van der Waals surface area contributed by atoms with Crippen LogP contribution in [0.2, 0.25) is 0 Å². The molecular weight excluding hydrogens is 1230 g/mol. The van der Waals surface area contributed by atoms with E-state index in [1.807, 2.05) is 125 Å². The van der Waals surface area contributed by atoms with E-state index in [0.717, 1.165) is 74.3 Å². The Morgan fingerprint density at radius 2 is 1.16 bits per heavy atom. The van der Waals surface area contributed by atoms with Crippen molar-refractivity contribution in [3.05, 3.63) is 123 Å². The molecule has 2 aliphatic rings. The van der Waals surface area contributed by atoms with Crippen LogP contribution in [0.15, 0.2) is 99.1 Å². The number of hydrogen-bond acceptors (Lipinski definition) is 17. The van der Waals surface area contributed by atoms with E-state index in [0.29, 0.717) is 106 Å². The lowest BCUT2D eigenvalue weighted by Gasteiger charge is -2.23. The standard InChI is InChI=1S/C34H35NO8.C23H25IO6.C11H13NO2/c1-8-41-28-14-20(9-10-23(28)37-4)30-31-22-16-27(40-7)29(42-18(2)3)17-24(22)43-34(36)33(31)35-12-11-19-13-25(38-5)26(39-6)15-21(19)32(30)35;1-6-28-21-11-16(8-10-18(21)26-4)7-9-17-12-20(27-5)22(29-15(2)3)13-19(17)30-23(25)14-24;1-13-10-5-8-3-4-12-7-9(8)6-11(10)14-2/h9-10,13-18H,8,11-12H2,1-7H3;8,10-13,15H,6,14H2,1-5H3;5-7H,3-4H2,1-2H3. The Morgan fingerprint density at radius 1 is 0.598 bits per heavy atom. The van der Waals surface area contributed by atoms with Gasteiger partial charge in [-0.05, 0) is 137 Å². The zero-order chi connectivity index (χ0) is 62.5. The molecule has 0 aliphatic carbocycles. The van der Waals surface area contributed by atoms with Crippen molar-refractivity contribution in [1.82, 2.24) is 4.57 Å². The first-order chi connectivity index (χ1) is 42.1. The predicted molar refractivity (Wildman–Crippen MR) is 345 cm³/mol. The molecule has 87 heavy (non-hydrogen) atoms.